The molecule has 2 N–H and O–H groups in total. The molecule has 0 saturated heterocycles. The van der Waals surface area contributed by atoms with Crippen LogP contribution >= 0.6 is 0 Å². The maximum Gasteiger partial charge on any atom is 0.149 e. The van der Waals surface area contributed by atoms with Crippen LogP contribution in [0.1, 0.15) is 51.3 Å². The van der Waals surface area contributed by atoms with Crippen molar-refractivity contribution in [2.24, 2.45) is 0 Å². The van der Waals surface area contributed by atoms with Crippen LogP contribution in [-0.2, 0) is 17.9 Å². The number of halogens is 1. The summed E-state index contributed by atoms with van der Waals surface area (Å²) >= 11 is -1.28. The van der Waals surface area contributed by atoms with Gasteiger partial charge < -0.3 is 14.6 Å². The van der Waals surface area contributed by atoms with E-state index in [1.165, 1.54) is 12.1 Å². The maximum atomic E-state index is 13.9. The summed E-state index contributed by atoms with van der Waals surface area (Å²) in [4.78, 5) is 0. The topological polar surface area (TPSA) is 82.1 Å². The molecule has 2 aromatic carbocycles. The van der Waals surface area contributed by atoms with Gasteiger partial charge in [-0.05, 0) is 63.1 Å². The van der Waals surface area contributed by atoms with Crippen molar-refractivity contribution in [3.63, 3.8) is 0 Å². The second-order valence-electron chi connectivity index (χ2n) is 8.71. The summed E-state index contributed by atoms with van der Waals surface area (Å²) in [6, 6.07) is 15.7. The standard InChI is InChI=1S/C25H31FN4O2S/c1-6-22(30-33(31)25(2,3)4)21-15-23(27-16-17-10-12-20(32-5)13-11-17)28-29-24(21)18-8-7-9-19(26)14-18/h7-15,22,30H,6,16H2,1-5H3,(H,27,28)/t22-,33-/m1/s1. The Bertz CT molecular complexity index is 1060. The van der Waals surface area contributed by atoms with Crippen LogP contribution in [0.5, 0.6) is 5.75 Å². The van der Waals surface area contributed by atoms with Crippen LogP contribution in [0.4, 0.5) is 10.2 Å². The predicted octanol–water partition coefficient (Wildman–Crippen LogP) is 5.41. The lowest BCUT2D eigenvalue weighted by Gasteiger charge is -2.28. The lowest BCUT2D eigenvalue weighted by atomic mass is 9.99. The van der Waals surface area contributed by atoms with E-state index in [2.05, 4.69) is 20.2 Å². The monoisotopic (exact) mass is 470 g/mol. The van der Waals surface area contributed by atoms with Crippen LogP contribution in [0.3, 0.4) is 0 Å². The van der Waals surface area contributed by atoms with Crippen molar-refractivity contribution < 1.29 is 13.7 Å². The first-order chi connectivity index (χ1) is 15.7. The van der Waals surface area contributed by atoms with Gasteiger partial charge in [-0.2, -0.15) is 0 Å². The summed E-state index contributed by atoms with van der Waals surface area (Å²) in [6.07, 6.45) is 0.674. The predicted molar refractivity (Wildman–Crippen MR) is 132 cm³/mol. The van der Waals surface area contributed by atoms with E-state index in [1.807, 2.05) is 58.0 Å². The molecule has 1 aromatic heterocycles. The van der Waals surface area contributed by atoms with Gasteiger partial charge in [0.05, 0.1) is 18.8 Å². The van der Waals surface area contributed by atoms with Gasteiger partial charge in [0.15, 0.2) is 0 Å². The van der Waals surface area contributed by atoms with E-state index in [-0.39, 0.29) is 11.9 Å². The third-order valence-electron chi connectivity index (χ3n) is 5.14. The Morgan fingerprint density at radius 3 is 2.42 bits per heavy atom. The summed E-state index contributed by atoms with van der Waals surface area (Å²) in [7, 11) is 1.63. The molecule has 0 amide bonds. The smallest absolute Gasteiger partial charge is 0.149 e. The Balaban J connectivity index is 1.93. The minimum absolute atomic E-state index is 0.250. The number of nitrogens with zero attached hydrogens (tertiary/aromatic N) is 2. The Kier molecular flexibility index (Phi) is 8.29. The molecule has 0 aliphatic heterocycles. The van der Waals surface area contributed by atoms with Gasteiger partial charge >= 0.3 is 0 Å². The van der Waals surface area contributed by atoms with Crippen molar-refractivity contribution in [2.75, 3.05) is 12.4 Å². The number of hydrogen-bond donors (Lipinski definition) is 2. The Labute approximate surface area is 198 Å². The molecule has 176 valence electrons. The zero-order valence-corrected chi connectivity index (χ0v) is 20.5. The van der Waals surface area contributed by atoms with Crippen molar-refractivity contribution in [2.45, 2.75) is 51.4 Å². The highest BCUT2D eigenvalue weighted by Crippen LogP contribution is 2.31. The van der Waals surface area contributed by atoms with Crippen molar-refractivity contribution in [1.29, 1.82) is 0 Å². The zero-order valence-electron chi connectivity index (χ0n) is 19.7. The molecule has 0 unspecified atom stereocenters. The van der Waals surface area contributed by atoms with Gasteiger partial charge in [-0.15, -0.1) is 14.9 Å². The normalized spacial score (nSPS) is 13.4. The molecule has 0 aliphatic rings. The molecule has 8 heteroatoms. The Hall–Kier alpha value is -2.68. The van der Waals surface area contributed by atoms with Crippen LogP contribution in [0, 0.1) is 5.82 Å². The lowest BCUT2D eigenvalue weighted by Crippen LogP contribution is -2.41. The highest BCUT2D eigenvalue weighted by Gasteiger charge is 2.30. The quantitative estimate of drug-likeness (QED) is 0.407. The van der Waals surface area contributed by atoms with E-state index in [1.54, 1.807) is 19.2 Å². The summed E-state index contributed by atoms with van der Waals surface area (Å²) in [6.45, 7) is 8.32. The van der Waals surface area contributed by atoms with E-state index in [0.717, 1.165) is 16.9 Å². The largest absolute Gasteiger partial charge is 0.598 e. The van der Waals surface area contributed by atoms with Gasteiger partial charge in [0, 0.05) is 29.0 Å². The number of hydrogen-bond acceptors (Lipinski definition) is 6. The Morgan fingerprint density at radius 2 is 1.82 bits per heavy atom. The average molecular weight is 471 g/mol. The second kappa shape index (κ2) is 11.0. The van der Waals surface area contributed by atoms with Crippen LogP contribution in [0.25, 0.3) is 11.3 Å². The summed E-state index contributed by atoms with van der Waals surface area (Å²) < 4.78 is 34.8. The zero-order chi connectivity index (χ0) is 24.0. The number of aromatic nitrogens is 2. The van der Waals surface area contributed by atoms with E-state index in [4.69, 9.17) is 4.74 Å². The van der Waals surface area contributed by atoms with Crippen molar-refractivity contribution in [3.8, 4) is 17.0 Å². The Morgan fingerprint density at radius 1 is 1.09 bits per heavy atom. The number of nitrogens with one attached hydrogen (secondary N) is 2. The van der Waals surface area contributed by atoms with Crippen LogP contribution in [0.2, 0.25) is 0 Å². The summed E-state index contributed by atoms with van der Waals surface area (Å²) in [5.41, 5.74) is 3.07. The molecule has 3 rings (SSSR count). The molecule has 0 spiro atoms. The van der Waals surface area contributed by atoms with Gasteiger partial charge in [0.25, 0.3) is 0 Å². The van der Waals surface area contributed by atoms with E-state index in [0.29, 0.717) is 30.0 Å². The number of rotatable bonds is 9. The first-order valence-electron chi connectivity index (χ1n) is 10.9. The molecule has 0 aliphatic carbocycles. The molecule has 0 bridgehead atoms. The third-order valence-corrected chi connectivity index (χ3v) is 6.75. The highest BCUT2D eigenvalue weighted by atomic mass is 32.2. The molecule has 1 heterocycles. The second-order valence-corrected chi connectivity index (χ2v) is 10.7. The molecule has 0 saturated carbocycles. The fraction of sp³-hybridized carbons (Fsp3) is 0.360. The van der Waals surface area contributed by atoms with Gasteiger partial charge in [-0.25, -0.2) is 4.39 Å². The van der Waals surface area contributed by atoms with Crippen molar-refractivity contribution in [3.05, 3.63) is 71.5 Å². The van der Waals surface area contributed by atoms with Gasteiger partial charge in [0.1, 0.15) is 22.1 Å². The number of anilines is 1. The highest BCUT2D eigenvalue weighted by molar-refractivity contribution is 7.90. The molecule has 33 heavy (non-hydrogen) atoms. The fourth-order valence-electron chi connectivity index (χ4n) is 3.23. The first kappa shape index (κ1) is 25.0. The summed E-state index contributed by atoms with van der Waals surface area (Å²) in [5, 5.41) is 12.1. The van der Waals surface area contributed by atoms with E-state index >= 15 is 0 Å². The maximum absolute atomic E-state index is 13.9. The third kappa shape index (κ3) is 6.66. The SMILES string of the molecule is CC[C@@H](N[S@+]([O-])C(C)(C)C)c1cc(NCc2ccc(OC)cc2)nnc1-c1cccc(F)c1. The molecule has 2 atom stereocenters. The molecular weight excluding hydrogens is 439 g/mol. The van der Waals surface area contributed by atoms with Gasteiger partial charge in [-0.3, -0.25) is 0 Å². The molecule has 0 fully saturated rings. The van der Waals surface area contributed by atoms with Crippen LogP contribution in [0.15, 0.2) is 54.6 Å². The number of benzene rings is 2. The number of methoxy groups -OCH3 is 1. The molecule has 6 nitrogen and oxygen atoms in total. The van der Waals surface area contributed by atoms with Crippen molar-refractivity contribution in [1.82, 2.24) is 14.9 Å². The van der Waals surface area contributed by atoms with Crippen molar-refractivity contribution >= 4 is 17.2 Å². The lowest BCUT2D eigenvalue weighted by molar-refractivity contribution is 0.414. The molecular formula is C25H31FN4O2S. The van der Waals surface area contributed by atoms with Gasteiger partial charge in [0.2, 0.25) is 0 Å². The first-order valence-corrected chi connectivity index (χ1v) is 12.0. The minimum Gasteiger partial charge on any atom is -0.598 e. The van der Waals surface area contributed by atoms with Crippen LogP contribution < -0.4 is 14.8 Å². The average Bonchev–Trinajstić information content (AvgIpc) is 2.80. The number of ether oxygens (including phenoxy) is 1. The van der Waals surface area contributed by atoms with Crippen LogP contribution in [-0.4, -0.2) is 26.6 Å². The fourth-order valence-corrected chi connectivity index (χ4v) is 4.13. The minimum atomic E-state index is -1.28. The summed E-state index contributed by atoms with van der Waals surface area (Å²) in [5.74, 6) is 1.04. The molecule has 3 aromatic rings. The van der Waals surface area contributed by atoms with E-state index in [9.17, 15) is 8.94 Å². The van der Waals surface area contributed by atoms with E-state index < -0.39 is 16.1 Å². The molecule has 0 radical (unpaired) electrons. The van der Waals surface area contributed by atoms with Gasteiger partial charge in [-0.1, -0.05) is 31.2 Å².